The minimum atomic E-state index is -2.19. The van der Waals surface area contributed by atoms with Crippen LogP contribution < -0.4 is 0 Å². The number of benzene rings is 1. The summed E-state index contributed by atoms with van der Waals surface area (Å²) >= 11 is 0. The summed E-state index contributed by atoms with van der Waals surface area (Å²) in [5, 5.41) is 8.96. The molecule has 7 heteroatoms. The summed E-state index contributed by atoms with van der Waals surface area (Å²) in [6.45, 7) is 1.17. The van der Waals surface area contributed by atoms with Crippen molar-refractivity contribution >= 4 is 5.97 Å². The van der Waals surface area contributed by atoms with Crippen molar-refractivity contribution < 1.29 is 32.2 Å². The Bertz CT molecular complexity index is 416. The Morgan fingerprint density at radius 1 is 1.12 bits per heavy atom. The maximum absolute atomic E-state index is 13.0. The number of phenolic OH excluding ortho intramolecular Hbond substituents is 1. The molecule has 1 aromatic rings. The number of carbonyl (C=O) groups excluding carboxylic acids is 1. The monoisotopic (exact) mass is 238 g/mol. The molecule has 0 aliphatic heterocycles. The number of halogens is 4. The zero-order valence-corrected chi connectivity index (χ0v) is 7.98. The van der Waals surface area contributed by atoms with Crippen molar-refractivity contribution in [1.82, 2.24) is 0 Å². The Balaban J connectivity index is 3.45. The summed E-state index contributed by atoms with van der Waals surface area (Å²) in [4.78, 5) is 11.0. The lowest BCUT2D eigenvalue weighted by Gasteiger charge is -2.07. The Hall–Kier alpha value is -1.79. The number of phenols is 1. The highest BCUT2D eigenvalue weighted by Crippen LogP contribution is 2.29. The van der Waals surface area contributed by atoms with Gasteiger partial charge in [-0.25, -0.2) is 18.0 Å². The first-order valence-electron chi connectivity index (χ1n) is 4.13. The average molecular weight is 238 g/mol. The number of aromatic hydroxyl groups is 1. The number of rotatable bonds is 2. The summed E-state index contributed by atoms with van der Waals surface area (Å²) in [7, 11) is 0. The molecule has 1 aromatic carbocycles. The van der Waals surface area contributed by atoms with Gasteiger partial charge < -0.3 is 9.84 Å². The van der Waals surface area contributed by atoms with Crippen LogP contribution >= 0.6 is 0 Å². The molecule has 0 spiro atoms. The van der Waals surface area contributed by atoms with Crippen LogP contribution in [0.1, 0.15) is 17.3 Å². The molecule has 0 heterocycles. The summed E-state index contributed by atoms with van der Waals surface area (Å²) in [6.07, 6.45) is 0. The molecule has 0 bridgehead atoms. The normalized spacial score (nSPS) is 10.3. The molecule has 88 valence electrons. The van der Waals surface area contributed by atoms with Crippen LogP contribution in [0.5, 0.6) is 5.75 Å². The molecule has 0 aromatic heterocycles. The van der Waals surface area contributed by atoms with Gasteiger partial charge in [-0.05, 0) is 6.92 Å². The standard InChI is InChI=1S/C9H6F4O3/c1-2-16-9(15)3-4(10)5(11)6(12)7(13)8(3)14/h14H,2H2,1H3. The van der Waals surface area contributed by atoms with E-state index < -0.39 is 40.6 Å². The number of hydrogen-bond donors (Lipinski definition) is 1. The highest BCUT2D eigenvalue weighted by atomic mass is 19.2. The van der Waals surface area contributed by atoms with E-state index in [2.05, 4.69) is 4.74 Å². The van der Waals surface area contributed by atoms with Crippen LogP contribution in [0.25, 0.3) is 0 Å². The van der Waals surface area contributed by atoms with Gasteiger partial charge in [-0.2, -0.15) is 4.39 Å². The van der Waals surface area contributed by atoms with Gasteiger partial charge >= 0.3 is 5.97 Å². The second kappa shape index (κ2) is 4.38. The molecule has 0 radical (unpaired) electrons. The fraction of sp³-hybridized carbons (Fsp3) is 0.222. The van der Waals surface area contributed by atoms with Gasteiger partial charge in [0.05, 0.1) is 6.61 Å². The van der Waals surface area contributed by atoms with Crippen molar-refractivity contribution in [3.63, 3.8) is 0 Å². The fourth-order valence-electron chi connectivity index (χ4n) is 1.01. The van der Waals surface area contributed by atoms with Crippen LogP contribution in [0.2, 0.25) is 0 Å². The molecule has 0 saturated heterocycles. The van der Waals surface area contributed by atoms with Gasteiger partial charge in [0, 0.05) is 0 Å². The van der Waals surface area contributed by atoms with Crippen LogP contribution in [0.15, 0.2) is 0 Å². The Morgan fingerprint density at radius 3 is 2.12 bits per heavy atom. The van der Waals surface area contributed by atoms with Crippen LogP contribution in [-0.2, 0) is 4.74 Å². The molecule has 0 saturated carbocycles. The van der Waals surface area contributed by atoms with E-state index >= 15 is 0 Å². The lowest BCUT2D eigenvalue weighted by atomic mass is 10.1. The molecule has 0 aliphatic rings. The molecule has 0 aliphatic carbocycles. The Kier molecular flexibility index (Phi) is 3.36. The third kappa shape index (κ3) is 1.80. The van der Waals surface area contributed by atoms with Gasteiger partial charge in [-0.15, -0.1) is 0 Å². The average Bonchev–Trinajstić information content (AvgIpc) is 2.24. The molecule has 0 fully saturated rings. The Labute approximate surface area is 87.3 Å². The maximum atomic E-state index is 13.0. The van der Waals surface area contributed by atoms with E-state index in [1.54, 1.807) is 0 Å². The van der Waals surface area contributed by atoms with Crippen molar-refractivity contribution in [2.24, 2.45) is 0 Å². The molecule has 0 amide bonds. The van der Waals surface area contributed by atoms with Crippen molar-refractivity contribution in [2.45, 2.75) is 6.92 Å². The van der Waals surface area contributed by atoms with E-state index in [1.807, 2.05) is 0 Å². The van der Waals surface area contributed by atoms with E-state index in [4.69, 9.17) is 5.11 Å². The van der Waals surface area contributed by atoms with Crippen LogP contribution in [0, 0.1) is 23.3 Å². The predicted molar refractivity (Wildman–Crippen MR) is 43.9 cm³/mol. The minimum Gasteiger partial charge on any atom is -0.504 e. The van der Waals surface area contributed by atoms with Crippen molar-refractivity contribution in [3.8, 4) is 5.75 Å². The summed E-state index contributed by atoms with van der Waals surface area (Å²) in [5.41, 5.74) is -1.36. The second-order valence-corrected chi connectivity index (χ2v) is 2.70. The number of carbonyl (C=O) groups is 1. The lowest BCUT2D eigenvalue weighted by Crippen LogP contribution is -2.12. The Morgan fingerprint density at radius 2 is 1.62 bits per heavy atom. The summed E-state index contributed by atoms with van der Waals surface area (Å²) in [6, 6.07) is 0. The topological polar surface area (TPSA) is 46.5 Å². The van der Waals surface area contributed by atoms with Gasteiger partial charge in [0.25, 0.3) is 0 Å². The smallest absolute Gasteiger partial charge is 0.345 e. The van der Waals surface area contributed by atoms with E-state index in [-0.39, 0.29) is 6.61 Å². The van der Waals surface area contributed by atoms with Crippen molar-refractivity contribution in [2.75, 3.05) is 6.61 Å². The summed E-state index contributed by atoms with van der Waals surface area (Å²) < 4.78 is 55.4. The highest BCUT2D eigenvalue weighted by molar-refractivity contribution is 5.92. The molecule has 0 atom stereocenters. The largest absolute Gasteiger partial charge is 0.504 e. The first-order valence-corrected chi connectivity index (χ1v) is 4.13. The maximum Gasteiger partial charge on any atom is 0.345 e. The predicted octanol–water partition coefficient (Wildman–Crippen LogP) is 2.13. The highest BCUT2D eigenvalue weighted by Gasteiger charge is 2.29. The quantitative estimate of drug-likeness (QED) is 0.371. The first-order chi connectivity index (χ1) is 7.41. The third-order valence-corrected chi connectivity index (χ3v) is 1.72. The molecular formula is C9H6F4O3. The second-order valence-electron chi connectivity index (χ2n) is 2.70. The molecule has 16 heavy (non-hydrogen) atoms. The number of hydrogen-bond acceptors (Lipinski definition) is 3. The molecule has 1 rings (SSSR count). The lowest BCUT2D eigenvalue weighted by molar-refractivity contribution is 0.0514. The van der Waals surface area contributed by atoms with E-state index in [0.29, 0.717) is 0 Å². The van der Waals surface area contributed by atoms with Gasteiger partial charge in [0.1, 0.15) is 5.56 Å². The van der Waals surface area contributed by atoms with E-state index in [1.165, 1.54) is 6.92 Å². The fourth-order valence-corrected chi connectivity index (χ4v) is 1.01. The zero-order valence-electron chi connectivity index (χ0n) is 7.98. The van der Waals surface area contributed by atoms with E-state index in [0.717, 1.165) is 0 Å². The summed E-state index contributed by atoms with van der Waals surface area (Å²) in [5.74, 6) is -11.5. The van der Waals surface area contributed by atoms with Gasteiger partial charge in [0.2, 0.25) is 11.6 Å². The van der Waals surface area contributed by atoms with Crippen molar-refractivity contribution in [1.29, 1.82) is 0 Å². The van der Waals surface area contributed by atoms with Gasteiger partial charge in [-0.3, -0.25) is 0 Å². The van der Waals surface area contributed by atoms with Gasteiger partial charge in [0.15, 0.2) is 17.4 Å². The van der Waals surface area contributed by atoms with Crippen LogP contribution in [0.3, 0.4) is 0 Å². The van der Waals surface area contributed by atoms with Gasteiger partial charge in [-0.1, -0.05) is 0 Å². The number of esters is 1. The number of ether oxygens (including phenoxy) is 1. The molecular weight excluding hydrogens is 232 g/mol. The third-order valence-electron chi connectivity index (χ3n) is 1.72. The SMILES string of the molecule is CCOC(=O)c1c(O)c(F)c(F)c(F)c1F. The molecule has 0 unspecified atom stereocenters. The molecule has 1 N–H and O–H groups in total. The molecule has 3 nitrogen and oxygen atoms in total. The van der Waals surface area contributed by atoms with E-state index in [9.17, 15) is 22.4 Å². The minimum absolute atomic E-state index is 0.196. The van der Waals surface area contributed by atoms with Crippen molar-refractivity contribution in [3.05, 3.63) is 28.8 Å². The zero-order chi connectivity index (χ0) is 12.5. The first kappa shape index (κ1) is 12.3. The van der Waals surface area contributed by atoms with Crippen LogP contribution in [0.4, 0.5) is 17.6 Å². The van der Waals surface area contributed by atoms with Crippen LogP contribution in [-0.4, -0.2) is 17.7 Å².